The van der Waals surface area contributed by atoms with E-state index in [2.05, 4.69) is 0 Å². The van der Waals surface area contributed by atoms with Gasteiger partial charge < -0.3 is 9.47 Å². The van der Waals surface area contributed by atoms with Crippen molar-refractivity contribution in [2.24, 2.45) is 0 Å². The van der Waals surface area contributed by atoms with Crippen molar-refractivity contribution in [1.29, 1.82) is 0 Å². The fraction of sp³-hybridized carbons (Fsp3) is 0.0909. The highest BCUT2D eigenvalue weighted by atomic mass is 16.5. The molecule has 0 saturated carbocycles. The van der Waals surface area contributed by atoms with Gasteiger partial charge in [0.2, 0.25) is 0 Å². The lowest BCUT2D eigenvalue weighted by atomic mass is 9.98. The molecule has 0 atom stereocenters. The first-order valence-electron chi connectivity index (χ1n) is 8.18. The molecular weight excluding hydrogens is 328 g/mol. The summed E-state index contributed by atoms with van der Waals surface area (Å²) in [5.74, 6) is -0.0505. The van der Waals surface area contributed by atoms with Gasteiger partial charge in [0, 0.05) is 11.1 Å². The standard InChI is InChI=1S/C22H18O4/c1-25-18-11-7-8-16(14-18)15-26-22(24)20-13-6-5-12-19(20)21(23)17-9-3-2-4-10-17/h2-14H,15H2,1H3. The predicted octanol–water partition coefficient (Wildman–Crippen LogP) is 4.28. The maximum atomic E-state index is 12.7. The van der Waals surface area contributed by atoms with Gasteiger partial charge in [0.1, 0.15) is 12.4 Å². The summed E-state index contributed by atoms with van der Waals surface area (Å²) in [6.45, 7) is 0.101. The Morgan fingerprint density at radius 1 is 0.808 bits per heavy atom. The van der Waals surface area contributed by atoms with E-state index in [1.165, 1.54) is 0 Å². The number of carbonyl (C=O) groups is 2. The van der Waals surface area contributed by atoms with Crippen LogP contribution < -0.4 is 4.74 Å². The van der Waals surface area contributed by atoms with Gasteiger partial charge in [0.15, 0.2) is 5.78 Å². The van der Waals surface area contributed by atoms with E-state index in [1.807, 2.05) is 24.3 Å². The minimum absolute atomic E-state index is 0.101. The van der Waals surface area contributed by atoms with Crippen molar-refractivity contribution in [3.8, 4) is 5.75 Å². The molecule has 4 nitrogen and oxygen atoms in total. The van der Waals surface area contributed by atoms with E-state index in [-0.39, 0.29) is 18.0 Å². The SMILES string of the molecule is COc1cccc(COC(=O)c2ccccc2C(=O)c2ccccc2)c1. The molecule has 0 aliphatic rings. The first-order valence-corrected chi connectivity index (χ1v) is 8.18. The van der Waals surface area contributed by atoms with E-state index in [1.54, 1.807) is 61.7 Å². The Morgan fingerprint density at radius 3 is 2.23 bits per heavy atom. The quantitative estimate of drug-likeness (QED) is 0.494. The fourth-order valence-electron chi connectivity index (χ4n) is 2.59. The summed E-state index contributed by atoms with van der Waals surface area (Å²) in [4.78, 5) is 25.2. The number of methoxy groups -OCH3 is 1. The second kappa shape index (κ2) is 8.12. The molecule has 0 unspecified atom stereocenters. The van der Waals surface area contributed by atoms with Crippen LogP contribution in [0.4, 0.5) is 0 Å². The summed E-state index contributed by atoms with van der Waals surface area (Å²) >= 11 is 0. The molecule has 0 amide bonds. The molecule has 4 heteroatoms. The molecule has 26 heavy (non-hydrogen) atoms. The Hall–Kier alpha value is -3.40. The number of rotatable bonds is 6. The third kappa shape index (κ3) is 3.98. The molecule has 0 aromatic heterocycles. The smallest absolute Gasteiger partial charge is 0.339 e. The molecule has 0 radical (unpaired) electrons. The van der Waals surface area contributed by atoms with E-state index >= 15 is 0 Å². The Labute approximate surface area is 152 Å². The highest BCUT2D eigenvalue weighted by molar-refractivity contribution is 6.14. The van der Waals surface area contributed by atoms with E-state index in [9.17, 15) is 9.59 Å². The highest BCUT2D eigenvalue weighted by Gasteiger charge is 2.19. The molecule has 0 aliphatic carbocycles. The highest BCUT2D eigenvalue weighted by Crippen LogP contribution is 2.18. The Morgan fingerprint density at radius 2 is 1.50 bits per heavy atom. The van der Waals surface area contributed by atoms with Gasteiger partial charge in [-0.05, 0) is 23.8 Å². The second-order valence-electron chi connectivity index (χ2n) is 5.67. The van der Waals surface area contributed by atoms with Crippen LogP contribution in [0.25, 0.3) is 0 Å². The molecule has 0 fully saturated rings. The number of ether oxygens (including phenoxy) is 2. The molecule has 3 aromatic rings. The summed E-state index contributed by atoms with van der Waals surface area (Å²) in [5.41, 5.74) is 1.92. The minimum Gasteiger partial charge on any atom is -0.497 e. The fourth-order valence-corrected chi connectivity index (χ4v) is 2.59. The zero-order valence-corrected chi connectivity index (χ0v) is 14.3. The van der Waals surface area contributed by atoms with Gasteiger partial charge in [-0.25, -0.2) is 4.79 Å². The molecule has 3 aromatic carbocycles. The van der Waals surface area contributed by atoms with Gasteiger partial charge in [0.25, 0.3) is 0 Å². The number of carbonyl (C=O) groups excluding carboxylic acids is 2. The molecule has 0 heterocycles. The van der Waals surface area contributed by atoms with Crippen molar-refractivity contribution in [3.63, 3.8) is 0 Å². The van der Waals surface area contributed by atoms with Gasteiger partial charge in [-0.2, -0.15) is 0 Å². The predicted molar refractivity (Wildman–Crippen MR) is 98.4 cm³/mol. The van der Waals surface area contributed by atoms with Gasteiger partial charge >= 0.3 is 5.97 Å². The normalized spacial score (nSPS) is 10.2. The van der Waals surface area contributed by atoms with Gasteiger partial charge in [-0.3, -0.25) is 4.79 Å². The van der Waals surface area contributed by atoms with Crippen molar-refractivity contribution in [2.45, 2.75) is 6.61 Å². The van der Waals surface area contributed by atoms with Gasteiger partial charge in [-0.1, -0.05) is 60.7 Å². The van der Waals surface area contributed by atoms with Crippen LogP contribution in [-0.2, 0) is 11.3 Å². The van der Waals surface area contributed by atoms with Crippen molar-refractivity contribution in [2.75, 3.05) is 7.11 Å². The van der Waals surface area contributed by atoms with Crippen molar-refractivity contribution in [1.82, 2.24) is 0 Å². The zero-order chi connectivity index (χ0) is 18.4. The maximum Gasteiger partial charge on any atom is 0.339 e. The topological polar surface area (TPSA) is 52.6 Å². The van der Waals surface area contributed by atoms with E-state index in [0.717, 1.165) is 5.56 Å². The number of hydrogen-bond donors (Lipinski definition) is 0. The second-order valence-corrected chi connectivity index (χ2v) is 5.67. The van der Waals surface area contributed by atoms with Crippen molar-refractivity contribution in [3.05, 3.63) is 101 Å². The number of benzene rings is 3. The summed E-state index contributed by atoms with van der Waals surface area (Å²) in [6, 6.07) is 22.8. The van der Waals surface area contributed by atoms with E-state index < -0.39 is 5.97 Å². The van der Waals surface area contributed by atoms with Crippen molar-refractivity contribution < 1.29 is 19.1 Å². The molecule has 0 N–H and O–H groups in total. The monoisotopic (exact) mass is 346 g/mol. The molecule has 3 rings (SSSR count). The minimum atomic E-state index is -0.535. The van der Waals surface area contributed by atoms with Gasteiger partial charge in [-0.15, -0.1) is 0 Å². The molecule has 0 saturated heterocycles. The summed E-state index contributed by atoms with van der Waals surface area (Å²) in [5, 5.41) is 0. The van der Waals surface area contributed by atoms with Crippen LogP contribution in [0.1, 0.15) is 31.8 Å². The van der Waals surface area contributed by atoms with Crippen LogP contribution in [0, 0.1) is 0 Å². The Kier molecular flexibility index (Phi) is 5.44. The van der Waals surface area contributed by atoms with Crippen LogP contribution in [0.15, 0.2) is 78.9 Å². The number of hydrogen-bond acceptors (Lipinski definition) is 4. The molecule has 130 valence electrons. The van der Waals surface area contributed by atoms with Crippen molar-refractivity contribution >= 4 is 11.8 Å². The third-order valence-corrected chi connectivity index (χ3v) is 3.93. The average Bonchev–Trinajstić information content (AvgIpc) is 2.72. The van der Waals surface area contributed by atoms with Crippen LogP contribution in [-0.4, -0.2) is 18.9 Å². The van der Waals surface area contributed by atoms with E-state index in [0.29, 0.717) is 16.9 Å². The summed E-state index contributed by atoms with van der Waals surface area (Å²) < 4.78 is 10.6. The first-order chi connectivity index (χ1) is 12.7. The van der Waals surface area contributed by atoms with E-state index in [4.69, 9.17) is 9.47 Å². The Balaban J connectivity index is 1.78. The molecule has 0 bridgehead atoms. The zero-order valence-electron chi connectivity index (χ0n) is 14.3. The van der Waals surface area contributed by atoms with Gasteiger partial charge in [0.05, 0.1) is 12.7 Å². The van der Waals surface area contributed by atoms with Crippen LogP contribution in [0.3, 0.4) is 0 Å². The Bertz CT molecular complexity index is 916. The molecule has 0 spiro atoms. The largest absolute Gasteiger partial charge is 0.497 e. The van der Waals surface area contributed by atoms with Crippen LogP contribution >= 0.6 is 0 Å². The summed E-state index contributed by atoms with van der Waals surface area (Å²) in [6.07, 6.45) is 0. The molecule has 0 aliphatic heterocycles. The number of esters is 1. The average molecular weight is 346 g/mol. The maximum absolute atomic E-state index is 12.7. The summed E-state index contributed by atoms with van der Waals surface area (Å²) in [7, 11) is 1.58. The third-order valence-electron chi connectivity index (χ3n) is 3.93. The lowest BCUT2D eigenvalue weighted by molar-refractivity contribution is 0.0470. The lowest BCUT2D eigenvalue weighted by Gasteiger charge is -2.10. The molecular formula is C22H18O4. The number of ketones is 1. The van der Waals surface area contributed by atoms with Crippen LogP contribution in [0.2, 0.25) is 0 Å². The first kappa shape index (κ1) is 17.4. The van der Waals surface area contributed by atoms with Crippen LogP contribution in [0.5, 0.6) is 5.75 Å². The lowest BCUT2D eigenvalue weighted by Crippen LogP contribution is -2.12.